The number of hydrogen-bond acceptors (Lipinski definition) is 2. The first-order valence-electron chi connectivity index (χ1n) is 7.70. The van der Waals surface area contributed by atoms with Crippen molar-refractivity contribution in [3.05, 3.63) is 0 Å². The van der Waals surface area contributed by atoms with Gasteiger partial charge in [0.2, 0.25) is 11.8 Å². The molecule has 0 radical (unpaired) electrons. The number of hydrogen-bond donors (Lipinski definition) is 1. The van der Waals surface area contributed by atoms with Crippen molar-refractivity contribution in [1.29, 1.82) is 0 Å². The number of nitrogens with zero attached hydrogens (tertiary/aromatic N) is 1. The van der Waals surface area contributed by atoms with Gasteiger partial charge in [0.1, 0.15) is 6.04 Å². The summed E-state index contributed by atoms with van der Waals surface area (Å²) in [4.78, 5) is 26.5. The fourth-order valence-corrected chi connectivity index (χ4v) is 4.19. The van der Waals surface area contributed by atoms with Crippen LogP contribution < -0.4 is 5.32 Å². The summed E-state index contributed by atoms with van der Waals surface area (Å²) in [6.07, 6.45) is 5.88. The average Bonchev–Trinajstić information content (AvgIpc) is 3.02. The first kappa shape index (κ1) is 12.9. The molecule has 0 aromatic rings. The van der Waals surface area contributed by atoms with Crippen molar-refractivity contribution < 1.29 is 9.59 Å². The molecule has 1 aliphatic heterocycles. The van der Waals surface area contributed by atoms with E-state index in [-0.39, 0.29) is 30.3 Å². The van der Waals surface area contributed by atoms with Crippen molar-refractivity contribution in [3.63, 3.8) is 0 Å². The molecule has 4 heteroatoms. The highest BCUT2D eigenvalue weighted by Gasteiger charge is 2.47. The van der Waals surface area contributed by atoms with Crippen molar-refractivity contribution in [2.24, 2.45) is 17.8 Å². The minimum absolute atomic E-state index is 0.0210. The molecule has 1 saturated heterocycles. The molecule has 2 amide bonds. The molecule has 5 atom stereocenters. The second kappa shape index (κ2) is 4.80. The number of piperazine rings is 1. The number of fused-ring (bicyclic) bond motifs is 2. The standard InChI is InChI=1S/C15H24N2O2/c1-3-9(2)14-15(19)17(8-13(18)16-14)12-7-10-4-5-11(12)6-10/h9-12,14H,3-8H2,1-2H3,(H,16,18). The maximum atomic E-state index is 12.6. The monoisotopic (exact) mass is 264 g/mol. The molecule has 0 aromatic heterocycles. The Morgan fingerprint density at radius 1 is 1.32 bits per heavy atom. The minimum atomic E-state index is -0.301. The summed E-state index contributed by atoms with van der Waals surface area (Å²) >= 11 is 0. The molecule has 0 spiro atoms. The first-order chi connectivity index (χ1) is 9.10. The molecule has 3 aliphatic rings. The summed E-state index contributed by atoms with van der Waals surface area (Å²) in [5.41, 5.74) is 0. The first-order valence-corrected chi connectivity index (χ1v) is 7.70. The zero-order valence-electron chi connectivity index (χ0n) is 11.9. The Balaban J connectivity index is 1.77. The van der Waals surface area contributed by atoms with Gasteiger partial charge < -0.3 is 10.2 Å². The van der Waals surface area contributed by atoms with E-state index in [1.807, 2.05) is 11.8 Å². The highest BCUT2D eigenvalue weighted by molar-refractivity contribution is 5.95. The molecule has 0 aromatic carbocycles. The molecule has 1 N–H and O–H groups in total. The summed E-state index contributed by atoms with van der Waals surface area (Å²) in [5, 5.41) is 2.88. The highest BCUT2D eigenvalue weighted by atomic mass is 16.2. The van der Waals surface area contributed by atoms with Crippen molar-refractivity contribution in [3.8, 4) is 0 Å². The average molecular weight is 264 g/mol. The smallest absolute Gasteiger partial charge is 0.246 e. The van der Waals surface area contributed by atoms with Crippen LogP contribution in [0.15, 0.2) is 0 Å². The number of carbonyl (C=O) groups excluding carboxylic acids is 2. The van der Waals surface area contributed by atoms with Crippen LogP contribution in [-0.2, 0) is 9.59 Å². The summed E-state index contributed by atoms with van der Waals surface area (Å²) in [5.74, 6) is 1.85. The van der Waals surface area contributed by atoms with Crippen LogP contribution >= 0.6 is 0 Å². The predicted octanol–water partition coefficient (Wildman–Crippen LogP) is 1.55. The maximum absolute atomic E-state index is 12.6. The SMILES string of the molecule is CCC(C)C1NC(=O)CN(C2CC3CCC2C3)C1=O. The quantitative estimate of drug-likeness (QED) is 0.840. The lowest BCUT2D eigenvalue weighted by atomic mass is 9.90. The third-order valence-corrected chi connectivity index (χ3v) is 5.49. The van der Waals surface area contributed by atoms with Crippen LogP contribution in [0.3, 0.4) is 0 Å². The molecule has 106 valence electrons. The molecule has 2 saturated carbocycles. The Morgan fingerprint density at radius 2 is 2.11 bits per heavy atom. The fourth-order valence-electron chi connectivity index (χ4n) is 4.19. The summed E-state index contributed by atoms with van der Waals surface area (Å²) in [6, 6.07) is 0.0363. The van der Waals surface area contributed by atoms with Gasteiger partial charge in [-0.1, -0.05) is 26.7 Å². The minimum Gasteiger partial charge on any atom is -0.342 e. The molecule has 19 heavy (non-hydrogen) atoms. The van der Waals surface area contributed by atoms with E-state index in [1.165, 1.54) is 19.3 Å². The summed E-state index contributed by atoms with van der Waals surface area (Å²) in [6.45, 7) is 4.40. The van der Waals surface area contributed by atoms with Crippen LogP contribution in [0.5, 0.6) is 0 Å². The third-order valence-electron chi connectivity index (χ3n) is 5.49. The van der Waals surface area contributed by atoms with E-state index in [1.54, 1.807) is 0 Å². The van der Waals surface area contributed by atoms with Crippen LogP contribution in [0.25, 0.3) is 0 Å². The predicted molar refractivity (Wildman–Crippen MR) is 72.3 cm³/mol. The van der Waals surface area contributed by atoms with Crippen LogP contribution in [0.4, 0.5) is 0 Å². The second-order valence-corrected chi connectivity index (χ2v) is 6.64. The van der Waals surface area contributed by atoms with Crippen LogP contribution in [-0.4, -0.2) is 35.3 Å². The van der Waals surface area contributed by atoms with Gasteiger partial charge in [-0.15, -0.1) is 0 Å². The van der Waals surface area contributed by atoms with E-state index >= 15 is 0 Å². The largest absolute Gasteiger partial charge is 0.342 e. The van der Waals surface area contributed by atoms with Gasteiger partial charge in [0.05, 0.1) is 6.54 Å². The van der Waals surface area contributed by atoms with E-state index in [2.05, 4.69) is 12.2 Å². The van der Waals surface area contributed by atoms with Gasteiger partial charge in [0, 0.05) is 6.04 Å². The van der Waals surface area contributed by atoms with Gasteiger partial charge in [0.25, 0.3) is 0 Å². The van der Waals surface area contributed by atoms with Crippen LogP contribution in [0, 0.1) is 17.8 Å². The van der Waals surface area contributed by atoms with E-state index in [0.29, 0.717) is 12.0 Å². The van der Waals surface area contributed by atoms with Gasteiger partial charge in [-0.25, -0.2) is 0 Å². The molecule has 3 rings (SSSR count). The molecule has 3 fully saturated rings. The number of rotatable bonds is 3. The Labute approximate surface area is 114 Å². The Morgan fingerprint density at radius 3 is 2.68 bits per heavy atom. The lowest BCUT2D eigenvalue weighted by Crippen LogP contribution is -2.63. The molecule has 1 heterocycles. The molecule has 4 nitrogen and oxygen atoms in total. The van der Waals surface area contributed by atoms with E-state index < -0.39 is 0 Å². The number of carbonyl (C=O) groups is 2. The van der Waals surface area contributed by atoms with Crippen molar-refractivity contribution in [2.75, 3.05) is 6.54 Å². The zero-order valence-corrected chi connectivity index (χ0v) is 11.9. The van der Waals surface area contributed by atoms with E-state index in [4.69, 9.17) is 0 Å². The van der Waals surface area contributed by atoms with Gasteiger partial charge in [-0.2, -0.15) is 0 Å². The molecular weight excluding hydrogens is 240 g/mol. The Bertz CT molecular complexity index is 396. The van der Waals surface area contributed by atoms with E-state index in [0.717, 1.165) is 18.8 Å². The van der Waals surface area contributed by atoms with Gasteiger partial charge in [-0.05, 0) is 37.0 Å². The van der Waals surface area contributed by atoms with Gasteiger partial charge in [-0.3, -0.25) is 9.59 Å². The van der Waals surface area contributed by atoms with Crippen LogP contribution in [0.1, 0.15) is 46.0 Å². The lowest BCUT2D eigenvalue weighted by molar-refractivity contribution is -0.149. The summed E-state index contributed by atoms with van der Waals surface area (Å²) < 4.78 is 0. The van der Waals surface area contributed by atoms with Crippen molar-refractivity contribution in [1.82, 2.24) is 10.2 Å². The summed E-state index contributed by atoms with van der Waals surface area (Å²) in [7, 11) is 0. The number of amides is 2. The molecule has 2 bridgehead atoms. The van der Waals surface area contributed by atoms with Crippen molar-refractivity contribution in [2.45, 2.75) is 58.0 Å². The van der Waals surface area contributed by atoms with Crippen LogP contribution in [0.2, 0.25) is 0 Å². The topological polar surface area (TPSA) is 49.4 Å². The third kappa shape index (κ3) is 2.15. The maximum Gasteiger partial charge on any atom is 0.246 e. The van der Waals surface area contributed by atoms with Gasteiger partial charge in [0.15, 0.2) is 0 Å². The molecular formula is C15H24N2O2. The Hall–Kier alpha value is -1.06. The lowest BCUT2D eigenvalue weighted by Gasteiger charge is -2.41. The normalized spacial score (nSPS) is 39.6. The molecule has 5 unspecified atom stereocenters. The van der Waals surface area contributed by atoms with Gasteiger partial charge >= 0.3 is 0 Å². The van der Waals surface area contributed by atoms with E-state index in [9.17, 15) is 9.59 Å². The second-order valence-electron chi connectivity index (χ2n) is 6.64. The number of nitrogens with one attached hydrogen (secondary N) is 1. The fraction of sp³-hybridized carbons (Fsp3) is 0.867. The highest BCUT2D eigenvalue weighted by Crippen LogP contribution is 2.47. The van der Waals surface area contributed by atoms with Crippen molar-refractivity contribution >= 4 is 11.8 Å². The molecule has 2 aliphatic carbocycles. The zero-order chi connectivity index (χ0) is 13.6. The Kier molecular flexibility index (Phi) is 3.27.